The van der Waals surface area contributed by atoms with Crippen LogP contribution in [-0.2, 0) is 22.6 Å². The summed E-state index contributed by atoms with van der Waals surface area (Å²) in [5.41, 5.74) is 3.81. The zero-order chi connectivity index (χ0) is 21.0. The van der Waals surface area contributed by atoms with Crippen LogP contribution in [0.2, 0.25) is 0 Å². The first kappa shape index (κ1) is 19.2. The summed E-state index contributed by atoms with van der Waals surface area (Å²) in [6.45, 7) is 5.00. The fraction of sp³-hybridized carbons (Fsp3) is 0.522. The molecule has 0 unspecified atom stereocenters. The van der Waals surface area contributed by atoms with Crippen LogP contribution in [0.5, 0.6) is 0 Å². The highest BCUT2D eigenvalue weighted by atomic mass is 16.2. The lowest BCUT2D eigenvalue weighted by atomic mass is 9.73. The number of hydrogen-bond acceptors (Lipinski definition) is 3. The van der Waals surface area contributed by atoms with Crippen LogP contribution < -0.4 is 5.32 Å². The Balaban J connectivity index is 1.34. The van der Waals surface area contributed by atoms with Gasteiger partial charge in [-0.15, -0.1) is 0 Å². The molecule has 1 aliphatic carbocycles. The van der Waals surface area contributed by atoms with Crippen molar-refractivity contribution in [3.05, 3.63) is 35.0 Å². The Labute approximate surface area is 175 Å². The van der Waals surface area contributed by atoms with Crippen LogP contribution in [0.3, 0.4) is 0 Å². The molecule has 158 valence electrons. The molecule has 5 rings (SSSR count). The molecule has 3 heterocycles. The molecule has 2 aromatic rings. The number of aromatic amines is 1. The molecular formula is C23H28N4O3. The lowest BCUT2D eigenvalue weighted by molar-refractivity contribution is -0.141. The van der Waals surface area contributed by atoms with E-state index in [1.165, 1.54) is 11.3 Å². The van der Waals surface area contributed by atoms with Gasteiger partial charge in [-0.3, -0.25) is 14.5 Å². The van der Waals surface area contributed by atoms with E-state index in [1.807, 2.05) is 13.0 Å². The first-order chi connectivity index (χ1) is 14.4. The number of carbonyl (C=O) groups excluding carboxylic acids is 3. The van der Waals surface area contributed by atoms with Gasteiger partial charge < -0.3 is 15.2 Å². The highest BCUT2D eigenvalue weighted by Crippen LogP contribution is 2.38. The van der Waals surface area contributed by atoms with Crippen LogP contribution in [0, 0.1) is 12.8 Å². The monoisotopic (exact) mass is 408 g/mol. The topological polar surface area (TPSA) is 85.5 Å². The van der Waals surface area contributed by atoms with Gasteiger partial charge in [0.25, 0.3) is 5.91 Å². The molecule has 2 aliphatic heterocycles. The number of aromatic nitrogens is 1. The Kier molecular flexibility index (Phi) is 4.38. The van der Waals surface area contributed by atoms with Crippen molar-refractivity contribution in [1.82, 2.24) is 20.1 Å². The van der Waals surface area contributed by atoms with Gasteiger partial charge in [-0.1, -0.05) is 38.0 Å². The highest BCUT2D eigenvalue weighted by Gasteiger charge is 2.55. The van der Waals surface area contributed by atoms with Gasteiger partial charge in [0.15, 0.2) is 0 Å². The number of para-hydroxylation sites is 1. The predicted octanol–water partition coefficient (Wildman–Crippen LogP) is 2.86. The number of nitrogens with one attached hydrogen (secondary N) is 2. The van der Waals surface area contributed by atoms with Crippen LogP contribution in [0.1, 0.15) is 49.4 Å². The summed E-state index contributed by atoms with van der Waals surface area (Å²) < 4.78 is 0. The molecule has 1 saturated heterocycles. The minimum absolute atomic E-state index is 0.0924. The van der Waals surface area contributed by atoms with Crippen LogP contribution in [0.4, 0.5) is 4.79 Å². The van der Waals surface area contributed by atoms with Gasteiger partial charge in [0.2, 0.25) is 5.91 Å². The van der Waals surface area contributed by atoms with E-state index in [4.69, 9.17) is 0 Å². The molecular weight excluding hydrogens is 380 g/mol. The average Bonchev–Trinajstić information content (AvgIpc) is 3.22. The summed E-state index contributed by atoms with van der Waals surface area (Å²) in [4.78, 5) is 45.3. The van der Waals surface area contributed by atoms with Crippen LogP contribution in [-0.4, -0.2) is 51.3 Å². The van der Waals surface area contributed by atoms with Crippen molar-refractivity contribution in [3.63, 3.8) is 0 Å². The minimum Gasteiger partial charge on any atom is -0.358 e. The number of aryl methyl sites for hydroxylation is 1. The van der Waals surface area contributed by atoms with Gasteiger partial charge in [0, 0.05) is 41.7 Å². The summed E-state index contributed by atoms with van der Waals surface area (Å²) in [7, 11) is 0. The van der Waals surface area contributed by atoms with Gasteiger partial charge in [0.1, 0.15) is 12.1 Å². The maximum Gasteiger partial charge on any atom is 0.325 e. The second-order valence-electron chi connectivity index (χ2n) is 9.08. The molecule has 1 aromatic heterocycles. The minimum atomic E-state index is -0.820. The Morgan fingerprint density at radius 2 is 2.10 bits per heavy atom. The van der Waals surface area contributed by atoms with Crippen molar-refractivity contribution < 1.29 is 14.4 Å². The summed E-state index contributed by atoms with van der Waals surface area (Å²) in [6, 6.07) is 5.76. The Morgan fingerprint density at radius 3 is 2.90 bits per heavy atom. The van der Waals surface area contributed by atoms with Gasteiger partial charge in [-0.2, -0.15) is 0 Å². The number of imide groups is 1. The number of hydrogen-bond donors (Lipinski definition) is 2. The standard InChI is InChI=1S/C23H28N4O3/c1-14-6-5-8-16-17-12-26(11-9-18(17)24-20(14)16)19(28)13-27-21(29)23(25-22(27)30)10-4-3-7-15(23)2/h5-6,8,15,24H,3-4,7,9-13H2,1-2H3,(H,25,30)/t15-,23+/m0/s1. The summed E-state index contributed by atoms with van der Waals surface area (Å²) >= 11 is 0. The number of rotatable bonds is 2. The third-order valence-corrected chi connectivity index (χ3v) is 7.37. The van der Waals surface area contributed by atoms with E-state index in [-0.39, 0.29) is 24.3 Å². The number of benzene rings is 1. The normalized spacial score (nSPS) is 26.4. The molecule has 2 N–H and O–H groups in total. The Bertz CT molecular complexity index is 1060. The molecule has 4 amide bonds. The van der Waals surface area contributed by atoms with E-state index in [2.05, 4.69) is 29.4 Å². The van der Waals surface area contributed by atoms with E-state index in [0.717, 1.165) is 47.0 Å². The maximum atomic E-state index is 13.2. The van der Waals surface area contributed by atoms with Gasteiger partial charge in [-0.05, 0) is 31.2 Å². The molecule has 3 aliphatic rings. The fourth-order valence-corrected chi connectivity index (χ4v) is 5.47. The van der Waals surface area contributed by atoms with Crippen molar-refractivity contribution in [2.24, 2.45) is 5.92 Å². The maximum absolute atomic E-state index is 13.2. The largest absolute Gasteiger partial charge is 0.358 e. The molecule has 2 atom stereocenters. The molecule has 0 radical (unpaired) electrons. The van der Waals surface area contributed by atoms with Crippen molar-refractivity contribution in [2.75, 3.05) is 13.1 Å². The summed E-state index contributed by atoms with van der Waals surface area (Å²) in [6.07, 6.45) is 4.32. The zero-order valence-corrected chi connectivity index (χ0v) is 17.6. The number of H-pyrrole nitrogens is 1. The smallest absolute Gasteiger partial charge is 0.325 e. The summed E-state index contributed by atoms with van der Waals surface area (Å²) in [5.74, 6) is -0.310. The second-order valence-corrected chi connectivity index (χ2v) is 9.08. The van der Waals surface area contributed by atoms with Crippen LogP contribution >= 0.6 is 0 Å². The molecule has 1 aromatic carbocycles. The number of carbonyl (C=O) groups is 3. The first-order valence-corrected chi connectivity index (χ1v) is 10.9. The van der Waals surface area contributed by atoms with E-state index in [0.29, 0.717) is 19.5 Å². The third-order valence-electron chi connectivity index (χ3n) is 7.37. The SMILES string of the molecule is Cc1cccc2c3c([nH]c12)CCN(C(=O)CN1C(=O)N[C@@]2(CCCC[C@@H]2C)C1=O)C3. The van der Waals surface area contributed by atoms with Gasteiger partial charge >= 0.3 is 6.03 Å². The quantitative estimate of drug-likeness (QED) is 0.750. The average molecular weight is 409 g/mol. The lowest BCUT2D eigenvalue weighted by Gasteiger charge is -2.37. The second kappa shape index (κ2) is 6.86. The number of amides is 4. The number of nitrogens with zero attached hydrogens (tertiary/aromatic N) is 2. The predicted molar refractivity (Wildman–Crippen MR) is 113 cm³/mol. The first-order valence-electron chi connectivity index (χ1n) is 10.9. The van der Waals surface area contributed by atoms with Crippen molar-refractivity contribution in [1.29, 1.82) is 0 Å². The van der Waals surface area contributed by atoms with Crippen molar-refractivity contribution in [3.8, 4) is 0 Å². The lowest BCUT2D eigenvalue weighted by Crippen LogP contribution is -2.54. The molecule has 2 fully saturated rings. The van der Waals surface area contributed by atoms with E-state index in [1.54, 1.807) is 4.90 Å². The summed E-state index contributed by atoms with van der Waals surface area (Å²) in [5, 5.41) is 4.08. The van der Waals surface area contributed by atoms with E-state index in [9.17, 15) is 14.4 Å². The van der Waals surface area contributed by atoms with Crippen LogP contribution in [0.15, 0.2) is 18.2 Å². The molecule has 30 heavy (non-hydrogen) atoms. The molecule has 7 heteroatoms. The Morgan fingerprint density at radius 1 is 1.27 bits per heavy atom. The van der Waals surface area contributed by atoms with E-state index >= 15 is 0 Å². The van der Waals surface area contributed by atoms with Crippen LogP contribution in [0.25, 0.3) is 10.9 Å². The van der Waals surface area contributed by atoms with Gasteiger partial charge in [-0.25, -0.2) is 4.79 Å². The van der Waals surface area contributed by atoms with Crippen molar-refractivity contribution in [2.45, 2.75) is 58.0 Å². The number of urea groups is 1. The number of fused-ring (bicyclic) bond motifs is 3. The van der Waals surface area contributed by atoms with E-state index < -0.39 is 11.6 Å². The van der Waals surface area contributed by atoms with Gasteiger partial charge in [0.05, 0.1) is 0 Å². The molecule has 0 bridgehead atoms. The Hall–Kier alpha value is -2.83. The molecule has 1 spiro atoms. The zero-order valence-electron chi connectivity index (χ0n) is 17.6. The molecule has 7 nitrogen and oxygen atoms in total. The van der Waals surface area contributed by atoms with Crippen molar-refractivity contribution >= 4 is 28.7 Å². The fourth-order valence-electron chi connectivity index (χ4n) is 5.47. The molecule has 1 saturated carbocycles. The third kappa shape index (κ3) is 2.75. The highest BCUT2D eigenvalue weighted by molar-refractivity contribution is 6.09.